The minimum Gasteiger partial charge on any atom is -0.459 e. The number of esters is 1. The highest BCUT2D eigenvalue weighted by Gasteiger charge is 2.05. The molecule has 0 bridgehead atoms. The molecule has 0 unspecified atom stereocenters. The number of benzene rings is 1. The van der Waals surface area contributed by atoms with Gasteiger partial charge in [-0.3, -0.25) is 4.79 Å². The first-order valence-corrected chi connectivity index (χ1v) is 6.51. The van der Waals surface area contributed by atoms with Crippen molar-refractivity contribution in [2.24, 2.45) is 0 Å². The van der Waals surface area contributed by atoms with Crippen LogP contribution in [0.25, 0.3) is 0 Å². The molecule has 4 heteroatoms. The van der Waals surface area contributed by atoms with Crippen LogP contribution in [0.2, 0.25) is 0 Å². The Balaban J connectivity index is 2.52. The molecule has 1 amide bonds. The summed E-state index contributed by atoms with van der Waals surface area (Å²) in [7, 11) is 2.94. The van der Waals surface area contributed by atoms with E-state index in [1.165, 1.54) is 7.11 Å². The number of carbonyl (C=O) groups excluding carboxylic acids is 2. The summed E-state index contributed by atoms with van der Waals surface area (Å²) in [6, 6.07) is 7.87. The topological polar surface area (TPSA) is 55.4 Å². The van der Waals surface area contributed by atoms with Crippen LogP contribution in [0.4, 0.5) is 0 Å². The number of hydrogen-bond acceptors (Lipinski definition) is 3. The number of carbonyl (C=O) groups is 2. The highest BCUT2D eigenvalue weighted by atomic mass is 16.5. The monoisotopic (exact) mass is 273 g/mol. The molecular weight excluding hydrogens is 254 g/mol. The number of rotatable bonds is 5. The van der Waals surface area contributed by atoms with Crippen LogP contribution in [0.15, 0.2) is 24.3 Å². The van der Waals surface area contributed by atoms with Crippen molar-refractivity contribution >= 4 is 11.9 Å². The number of unbranched alkanes of at least 4 members (excludes halogenated alkanes) is 1. The molecule has 1 aromatic carbocycles. The first-order chi connectivity index (χ1) is 9.67. The average molecular weight is 273 g/mol. The summed E-state index contributed by atoms with van der Waals surface area (Å²) < 4.78 is 4.43. The first-order valence-electron chi connectivity index (χ1n) is 6.51. The zero-order chi connectivity index (χ0) is 14.8. The van der Waals surface area contributed by atoms with E-state index in [1.54, 1.807) is 7.05 Å². The third-order valence-electron chi connectivity index (χ3n) is 2.87. The van der Waals surface area contributed by atoms with Gasteiger partial charge in [0.25, 0.3) is 0 Å². The van der Waals surface area contributed by atoms with Gasteiger partial charge >= 0.3 is 5.97 Å². The molecule has 20 heavy (non-hydrogen) atoms. The summed E-state index contributed by atoms with van der Waals surface area (Å²) >= 11 is 0. The van der Waals surface area contributed by atoms with Crippen molar-refractivity contribution in [3.05, 3.63) is 35.4 Å². The Labute approximate surface area is 119 Å². The molecule has 0 heterocycles. The van der Waals surface area contributed by atoms with Crippen LogP contribution in [0.1, 0.15) is 24.0 Å². The van der Waals surface area contributed by atoms with Crippen molar-refractivity contribution in [1.82, 2.24) is 5.32 Å². The number of methoxy groups -OCH3 is 1. The van der Waals surface area contributed by atoms with Gasteiger partial charge < -0.3 is 10.1 Å². The van der Waals surface area contributed by atoms with Crippen LogP contribution in [-0.2, 0) is 27.2 Å². The van der Waals surface area contributed by atoms with Gasteiger partial charge in [-0.25, -0.2) is 4.79 Å². The maximum atomic E-state index is 11.4. The third kappa shape index (κ3) is 5.57. The van der Waals surface area contributed by atoms with Gasteiger partial charge in [0.15, 0.2) is 0 Å². The number of likely N-dealkylation sites (N-methyl/N-ethyl adjacent to an activating group) is 1. The molecule has 0 radical (unpaired) electrons. The molecule has 1 N–H and O–H groups in total. The molecule has 1 aromatic rings. The summed E-state index contributed by atoms with van der Waals surface area (Å²) in [5.74, 6) is 4.67. The lowest BCUT2D eigenvalue weighted by atomic mass is 9.99. The van der Waals surface area contributed by atoms with E-state index >= 15 is 0 Å². The van der Waals surface area contributed by atoms with Gasteiger partial charge in [0, 0.05) is 19.4 Å². The van der Waals surface area contributed by atoms with Crippen LogP contribution < -0.4 is 5.32 Å². The van der Waals surface area contributed by atoms with E-state index in [0.717, 1.165) is 24.0 Å². The van der Waals surface area contributed by atoms with Crippen LogP contribution in [-0.4, -0.2) is 26.0 Å². The smallest absolute Gasteiger partial charge is 0.384 e. The van der Waals surface area contributed by atoms with Gasteiger partial charge in [-0.15, -0.1) is 0 Å². The molecule has 0 aliphatic heterocycles. The van der Waals surface area contributed by atoms with Crippen molar-refractivity contribution in [1.29, 1.82) is 0 Å². The van der Waals surface area contributed by atoms with E-state index in [2.05, 4.69) is 21.9 Å². The molecule has 0 aliphatic rings. The molecule has 0 spiro atoms. The van der Waals surface area contributed by atoms with Crippen LogP contribution in [0.5, 0.6) is 0 Å². The predicted octanol–water partition coefficient (Wildman–Crippen LogP) is 1.47. The van der Waals surface area contributed by atoms with Crippen LogP contribution in [0.3, 0.4) is 0 Å². The van der Waals surface area contributed by atoms with Crippen molar-refractivity contribution < 1.29 is 14.3 Å². The Bertz CT molecular complexity index is 526. The van der Waals surface area contributed by atoms with Gasteiger partial charge in [0.05, 0.1) is 13.5 Å². The number of amides is 1. The zero-order valence-electron chi connectivity index (χ0n) is 11.9. The summed E-state index contributed by atoms with van der Waals surface area (Å²) in [4.78, 5) is 22.2. The predicted molar refractivity (Wildman–Crippen MR) is 76.9 cm³/mol. The second-order valence-electron chi connectivity index (χ2n) is 4.27. The Morgan fingerprint density at radius 1 is 1.25 bits per heavy atom. The largest absolute Gasteiger partial charge is 0.459 e. The van der Waals surface area contributed by atoms with Gasteiger partial charge in [-0.05, 0) is 24.0 Å². The van der Waals surface area contributed by atoms with Crippen molar-refractivity contribution in [2.45, 2.75) is 25.7 Å². The SMILES string of the molecule is CNC(=O)Cc1ccccc1CCCC#CC(=O)OC. The van der Waals surface area contributed by atoms with E-state index in [1.807, 2.05) is 24.3 Å². The molecule has 1 rings (SSSR count). The highest BCUT2D eigenvalue weighted by Crippen LogP contribution is 2.12. The van der Waals surface area contributed by atoms with Crippen LogP contribution >= 0.6 is 0 Å². The van der Waals surface area contributed by atoms with Gasteiger partial charge in [0.1, 0.15) is 0 Å². The summed E-state index contributed by atoms with van der Waals surface area (Å²) in [6.45, 7) is 0. The van der Waals surface area contributed by atoms with E-state index < -0.39 is 5.97 Å². The lowest BCUT2D eigenvalue weighted by Gasteiger charge is -2.07. The fraction of sp³-hybridized carbons (Fsp3) is 0.375. The minimum absolute atomic E-state index is 0.00272. The molecule has 0 aromatic heterocycles. The Hall–Kier alpha value is -2.28. The molecule has 0 saturated carbocycles. The summed E-state index contributed by atoms with van der Waals surface area (Å²) in [5, 5.41) is 2.62. The molecule has 0 fully saturated rings. The lowest BCUT2D eigenvalue weighted by molar-refractivity contribution is -0.133. The Morgan fingerprint density at radius 3 is 2.60 bits per heavy atom. The minimum atomic E-state index is -0.509. The Kier molecular flexibility index (Phi) is 6.91. The lowest BCUT2D eigenvalue weighted by Crippen LogP contribution is -2.20. The number of ether oxygens (including phenoxy) is 1. The molecule has 106 valence electrons. The first kappa shape index (κ1) is 15.8. The van der Waals surface area contributed by atoms with E-state index in [-0.39, 0.29) is 5.91 Å². The molecule has 0 saturated heterocycles. The standard InChI is InChI=1S/C16H19NO3/c1-17-15(18)12-14-10-7-6-9-13(14)8-4-3-5-11-16(19)20-2/h6-7,9-10H,3-4,8,12H2,1-2H3,(H,17,18). The third-order valence-corrected chi connectivity index (χ3v) is 2.87. The quantitative estimate of drug-likeness (QED) is 0.382. The maximum Gasteiger partial charge on any atom is 0.384 e. The number of aryl methyl sites for hydroxylation is 1. The highest BCUT2D eigenvalue weighted by molar-refractivity contribution is 5.88. The van der Waals surface area contributed by atoms with Crippen molar-refractivity contribution in [2.75, 3.05) is 14.2 Å². The summed E-state index contributed by atoms with van der Waals surface area (Å²) in [6.07, 6.45) is 2.70. The average Bonchev–Trinajstić information content (AvgIpc) is 2.48. The fourth-order valence-electron chi connectivity index (χ4n) is 1.79. The molecule has 4 nitrogen and oxygen atoms in total. The second kappa shape index (κ2) is 8.76. The van der Waals surface area contributed by atoms with Gasteiger partial charge in [-0.1, -0.05) is 30.2 Å². The van der Waals surface area contributed by atoms with E-state index in [9.17, 15) is 9.59 Å². The van der Waals surface area contributed by atoms with Crippen molar-refractivity contribution in [3.8, 4) is 11.8 Å². The van der Waals surface area contributed by atoms with Gasteiger partial charge in [0.2, 0.25) is 5.91 Å². The fourth-order valence-corrected chi connectivity index (χ4v) is 1.79. The number of nitrogens with one attached hydrogen (secondary N) is 1. The molecule has 0 atom stereocenters. The zero-order valence-corrected chi connectivity index (χ0v) is 11.9. The maximum absolute atomic E-state index is 11.4. The summed E-state index contributed by atoms with van der Waals surface area (Å²) in [5.41, 5.74) is 2.18. The van der Waals surface area contributed by atoms with E-state index in [0.29, 0.717) is 12.8 Å². The normalized spacial score (nSPS) is 9.30. The second-order valence-corrected chi connectivity index (χ2v) is 4.27. The van der Waals surface area contributed by atoms with E-state index in [4.69, 9.17) is 0 Å². The van der Waals surface area contributed by atoms with Crippen LogP contribution in [0, 0.1) is 11.8 Å². The molecular formula is C16H19NO3. The molecule has 0 aliphatic carbocycles. The Morgan fingerprint density at radius 2 is 1.95 bits per heavy atom. The number of hydrogen-bond donors (Lipinski definition) is 1. The van der Waals surface area contributed by atoms with Crippen molar-refractivity contribution in [3.63, 3.8) is 0 Å². The van der Waals surface area contributed by atoms with Gasteiger partial charge in [-0.2, -0.15) is 0 Å².